The van der Waals surface area contributed by atoms with Crippen LogP contribution in [0.5, 0.6) is 17.2 Å². The van der Waals surface area contributed by atoms with E-state index in [-0.39, 0.29) is 24.4 Å². The first-order valence-electron chi connectivity index (χ1n) is 10.9. The third-order valence-corrected chi connectivity index (χ3v) is 5.72. The molecule has 0 unspecified atom stereocenters. The number of rotatable bonds is 10. The molecule has 0 N–H and O–H groups in total. The average Bonchev–Trinajstić information content (AvgIpc) is 3.31. The largest absolute Gasteiger partial charge is 0.497 e. The maximum Gasteiger partial charge on any atom is 0.262 e. The van der Waals surface area contributed by atoms with Crippen LogP contribution in [-0.4, -0.2) is 75.6 Å². The van der Waals surface area contributed by atoms with E-state index in [1.807, 2.05) is 42.5 Å². The molecule has 34 heavy (non-hydrogen) atoms. The van der Waals surface area contributed by atoms with Gasteiger partial charge in [-0.25, -0.2) is 5.01 Å². The van der Waals surface area contributed by atoms with Crippen molar-refractivity contribution in [3.63, 3.8) is 0 Å². The second kappa shape index (κ2) is 11.5. The van der Waals surface area contributed by atoms with Crippen molar-refractivity contribution < 1.29 is 28.5 Å². The molecule has 182 valence electrons. The van der Waals surface area contributed by atoms with Crippen molar-refractivity contribution >= 4 is 17.5 Å². The lowest BCUT2D eigenvalue weighted by Crippen LogP contribution is -2.41. The Kier molecular flexibility index (Phi) is 8.48. The van der Waals surface area contributed by atoms with Gasteiger partial charge in [-0.3, -0.25) is 9.59 Å². The topological polar surface area (TPSA) is 89.9 Å². The van der Waals surface area contributed by atoms with Crippen molar-refractivity contribution in [3.8, 4) is 17.2 Å². The predicted octanol–water partition coefficient (Wildman–Crippen LogP) is 2.89. The van der Waals surface area contributed by atoms with Crippen LogP contribution in [0.4, 0.5) is 0 Å². The van der Waals surface area contributed by atoms with Gasteiger partial charge in [0.15, 0.2) is 11.5 Å². The number of hydrazone groups is 1. The summed E-state index contributed by atoms with van der Waals surface area (Å²) in [4.78, 5) is 26.9. The maximum atomic E-state index is 13.4. The first-order valence-corrected chi connectivity index (χ1v) is 10.9. The molecule has 2 aromatic carbocycles. The van der Waals surface area contributed by atoms with E-state index in [0.29, 0.717) is 31.1 Å². The third kappa shape index (κ3) is 5.66. The van der Waals surface area contributed by atoms with Crippen LogP contribution < -0.4 is 14.2 Å². The summed E-state index contributed by atoms with van der Waals surface area (Å²) in [6.45, 7) is 2.00. The lowest BCUT2D eigenvalue weighted by molar-refractivity contribution is -0.141. The van der Waals surface area contributed by atoms with E-state index in [0.717, 1.165) is 22.6 Å². The number of nitrogens with zero attached hydrogens (tertiary/aromatic N) is 3. The first-order chi connectivity index (χ1) is 16.4. The zero-order chi connectivity index (χ0) is 24.7. The molecule has 0 fully saturated rings. The molecule has 0 saturated carbocycles. The Hall–Kier alpha value is -3.59. The maximum absolute atomic E-state index is 13.4. The number of hydrogen-bond acceptors (Lipinski definition) is 7. The van der Waals surface area contributed by atoms with Crippen LogP contribution in [0.2, 0.25) is 0 Å². The molecule has 0 bridgehead atoms. The van der Waals surface area contributed by atoms with Crippen molar-refractivity contribution in [1.29, 1.82) is 0 Å². The van der Waals surface area contributed by atoms with E-state index >= 15 is 0 Å². The molecule has 1 aliphatic heterocycles. The van der Waals surface area contributed by atoms with Gasteiger partial charge < -0.3 is 23.8 Å². The minimum Gasteiger partial charge on any atom is -0.497 e. The highest BCUT2D eigenvalue weighted by Gasteiger charge is 2.34. The smallest absolute Gasteiger partial charge is 0.262 e. The van der Waals surface area contributed by atoms with Gasteiger partial charge in [0.25, 0.3) is 5.91 Å². The molecule has 3 rings (SSSR count). The minimum atomic E-state index is -0.361. The molecule has 0 aromatic heterocycles. The summed E-state index contributed by atoms with van der Waals surface area (Å²) in [5.74, 6) is 1.42. The predicted molar refractivity (Wildman–Crippen MR) is 127 cm³/mol. The summed E-state index contributed by atoms with van der Waals surface area (Å²) in [6.07, 6.45) is 0.506. The highest BCUT2D eigenvalue weighted by atomic mass is 16.5. The van der Waals surface area contributed by atoms with Crippen molar-refractivity contribution in [2.75, 3.05) is 48.1 Å². The number of carbonyl (C=O) groups excluding carboxylic acids is 2. The fraction of sp³-hybridized carbons (Fsp3) is 0.400. The highest BCUT2D eigenvalue weighted by molar-refractivity contribution is 6.03. The highest BCUT2D eigenvalue weighted by Crippen LogP contribution is 2.37. The van der Waals surface area contributed by atoms with Gasteiger partial charge in [-0.1, -0.05) is 6.07 Å². The van der Waals surface area contributed by atoms with E-state index < -0.39 is 0 Å². The Morgan fingerprint density at radius 3 is 2.29 bits per heavy atom. The van der Waals surface area contributed by atoms with Crippen LogP contribution in [0.25, 0.3) is 0 Å². The lowest BCUT2D eigenvalue weighted by Gasteiger charge is -2.26. The number of carbonyl (C=O) groups is 2. The number of ether oxygens (including phenoxy) is 4. The Bertz CT molecular complexity index is 1040. The van der Waals surface area contributed by atoms with Crippen molar-refractivity contribution in [2.45, 2.75) is 19.4 Å². The molecule has 0 radical (unpaired) electrons. The van der Waals surface area contributed by atoms with E-state index in [1.54, 1.807) is 28.4 Å². The number of methoxy groups -OCH3 is 4. The Morgan fingerprint density at radius 1 is 1.00 bits per heavy atom. The van der Waals surface area contributed by atoms with Crippen LogP contribution in [0, 0.1) is 0 Å². The van der Waals surface area contributed by atoms with Crippen LogP contribution in [0.15, 0.2) is 47.6 Å². The van der Waals surface area contributed by atoms with E-state index in [2.05, 4.69) is 5.10 Å². The van der Waals surface area contributed by atoms with Gasteiger partial charge in [0.05, 0.1) is 39.7 Å². The summed E-state index contributed by atoms with van der Waals surface area (Å²) in [5.41, 5.74) is 2.51. The van der Waals surface area contributed by atoms with Crippen LogP contribution in [-0.2, 0) is 14.3 Å². The number of hydrogen-bond donors (Lipinski definition) is 0. The first kappa shape index (κ1) is 25.0. The van der Waals surface area contributed by atoms with Crippen molar-refractivity contribution in [2.24, 2.45) is 5.10 Å². The quantitative estimate of drug-likeness (QED) is 0.532. The molecule has 1 aliphatic rings. The van der Waals surface area contributed by atoms with Crippen molar-refractivity contribution in [1.82, 2.24) is 9.91 Å². The molecule has 9 nitrogen and oxygen atoms in total. The SMILES string of the molecule is COCCN(CC(=O)N1N=C(c2ccc(OC)cc2)C[C@H]1c1ccc(OC)c(OC)c1)C(C)=O. The van der Waals surface area contributed by atoms with Crippen molar-refractivity contribution in [3.05, 3.63) is 53.6 Å². The minimum absolute atomic E-state index is 0.0954. The van der Waals surface area contributed by atoms with Gasteiger partial charge in [-0.2, -0.15) is 5.10 Å². The van der Waals surface area contributed by atoms with Crippen LogP contribution in [0.1, 0.15) is 30.5 Å². The fourth-order valence-corrected chi connectivity index (χ4v) is 3.80. The van der Waals surface area contributed by atoms with Gasteiger partial charge in [-0.15, -0.1) is 0 Å². The normalized spacial score (nSPS) is 15.0. The van der Waals surface area contributed by atoms with E-state index in [9.17, 15) is 9.59 Å². The zero-order valence-corrected chi connectivity index (χ0v) is 20.2. The Morgan fingerprint density at radius 2 is 1.71 bits per heavy atom. The second-order valence-electron chi connectivity index (χ2n) is 7.78. The Balaban J connectivity index is 1.94. The summed E-state index contributed by atoms with van der Waals surface area (Å²) in [7, 11) is 6.31. The monoisotopic (exact) mass is 469 g/mol. The zero-order valence-electron chi connectivity index (χ0n) is 20.2. The fourth-order valence-electron chi connectivity index (χ4n) is 3.80. The molecular weight excluding hydrogens is 438 g/mol. The van der Waals surface area contributed by atoms with Gasteiger partial charge in [0.1, 0.15) is 12.3 Å². The lowest BCUT2D eigenvalue weighted by atomic mass is 9.98. The third-order valence-electron chi connectivity index (χ3n) is 5.72. The molecule has 2 amide bonds. The summed E-state index contributed by atoms with van der Waals surface area (Å²) in [5, 5.41) is 6.14. The summed E-state index contributed by atoms with van der Waals surface area (Å²) >= 11 is 0. The molecule has 1 heterocycles. The van der Waals surface area contributed by atoms with Gasteiger partial charge in [0, 0.05) is 27.0 Å². The summed E-state index contributed by atoms with van der Waals surface area (Å²) in [6, 6.07) is 12.7. The van der Waals surface area contributed by atoms with Gasteiger partial charge in [-0.05, 0) is 47.5 Å². The van der Waals surface area contributed by atoms with E-state index in [1.165, 1.54) is 16.8 Å². The molecule has 9 heteroatoms. The molecule has 0 spiro atoms. The summed E-state index contributed by atoms with van der Waals surface area (Å²) < 4.78 is 21.1. The van der Waals surface area contributed by atoms with Crippen LogP contribution in [0.3, 0.4) is 0 Å². The number of benzene rings is 2. The molecule has 0 aliphatic carbocycles. The standard InChI is InChI=1S/C25H31N3O6/c1-17(29)27(12-13-31-2)16-25(30)28-22(19-8-11-23(33-4)24(14-19)34-5)15-21(26-28)18-6-9-20(32-3)10-7-18/h6-11,14,22H,12-13,15-16H2,1-5H3/t22-/m0/s1. The molecule has 2 aromatic rings. The Labute approximate surface area is 199 Å². The number of amides is 2. The molecule has 1 atom stereocenters. The van der Waals surface area contributed by atoms with E-state index in [4.69, 9.17) is 18.9 Å². The molecule has 0 saturated heterocycles. The van der Waals surface area contributed by atoms with Crippen LogP contribution >= 0.6 is 0 Å². The van der Waals surface area contributed by atoms with Gasteiger partial charge >= 0.3 is 0 Å². The molecular formula is C25H31N3O6. The van der Waals surface area contributed by atoms with Gasteiger partial charge in [0.2, 0.25) is 5.91 Å². The average molecular weight is 470 g/mol. The second-order valence-corrected chi connectivity index (χ2v) is 7.78.